The first-order chi connectivity index (χ1) is 5.46. The van der Waals surface area contributed by atoms with Gasteiger partial charge < -0.3 is 20.7 Å². The maximum absolute atomic E-state index is 10.6. The van der Waals surface area contributed by atoms with Gasteiger partial charge in [-0.05, 0) is 0 Å². The monoisotopic (exact) mass is 178 g/mol. The molecule has 70 valence electrons. The number of ether oxygens (including phenoxy) is 1. The number of aliphatic hydroxyl groups is 1. The predicted molar refractivity (Wildman–Crippen MR) is 36.8 cm³/mol. The van der Waals surface area contributed by atoms with Crippen molar-refractivity contribution in [1.29, 1.82) is 0 Å². The van der Waals surface area contributed by atoms with Gasteiger partial charge >= 0.3 is 11.9 Å². The van der Waals surface area contributed by atoms with Crippen molar-refractivity contribution in [1.82, 2.24) is 5.32 Å². The van der Waals surface area contributed by atoms with Crippen molar-refractivity contribution >= 4 is 11.9 Å². The minimum Gasteiger partial charge on any atom is -0.476 e. The molecular formula is C5H10N2O5. The molecule has 0 aliphatic carbocycles. The lowest BCUT2D eigenvalue weighted by molar-refractivity contribution is -0.226. The number of aliphatic carboxylic acids is 1. The normalized spacial score (nSPS) is 14.9. The van der Waals surface area contributed by atoms with Crippen LogP contribution in [0.4, 0.5) is 0 Å². The van der Waals surface area contributed by atoms with Crippen molar-refractivity contribution in [3.8, 4) is 0 Å². The summed E-state index contributed by atoms with van der Waals surface area (Å²) in [5.41, 5.74) is 4.86. The summed E-state index contributed by atoms with van der Waals surface area (Å²) in [5.74, 6) is -5.25. The van der Waals surface area contributed by atoms with E-state index in [-0.39, 0.29) is 0 Å². The second kappa shape index (κ2) is 4.00. The number of carbonyl (C=O) groups is 2. The van der Waals surface area contributed by atoms with Gasteiger partial charge in [0.05, 0.1) is 6.54 Å². The van der Waals surface area contributed by atoms with Crippen LogP contribution in [0.15, 0.2) is 0 Å². The molecule has 12 heavy (non-hydrogen) atoms. The van der Waals surface area contributed by atoms with Crippen molar-refractivity contribution in [2.75, 3.05) is 13.7 Å². The quantitative estimate of drug-likeness (QED) is 0.351. The molecule has 5 N–H and O–H groups in total. The molecule has 7 nitrogen and oxygen atoms in total. The van der Waals surface area contributed by atoms with Crippen molar-refractivity contribution in [2.45, 2.75) is 5.91 Å². The summed E-state index contributed by atoms with van der Waals surface area (Å²) in [6, 6.07) is 0. The summed E-state index contributed by atoms with van der Waals surface area (Å²) in [6.07, 6.45) is 0. The SMILES string of the molecule is COC(O)(NC(=O)CN)C(=O)O. The summed E-state index contributed by atoms with van der Waals surface area (Å²) >= 11 is 0. The molecule has 0 saturated carbocycles. The number of rotatable bonds is 4. The summed E-state index contributed by atoms with van der Waals surface area (Å²) in [7, 11) is 0.935. The fraction of sp³-hybridized carbons (Fsp3) is 0.600. The molecule has 0 aromatic heterocycles. The van der Waals surface area contributed by atoms with Crippen molar-refractivity contribution in [3.63, 3.8) is 0 Å². The molecular weight excluding hydrogens is 168 g/mol. The van der Waals surface area contributed by atoms with Gasteiger partial charge in [0.1, 0.15) is 0 Å². The molecule has 0 rings (SSSR count). The first-order valence-corrected chi connectivity index (χ1v) is 2.98. The molecule has 0 aliphatic heterocycles. The topological polar surface area (TPSA) is 122 Å². The minimum absolute atomic E-state index is 0.432. The van der Waals surface area contributed by atoms with Gasteiger partial charge in [0.15, 0.2) is 0 Å². The van der Waals surface area contributed by atoms with Crippen LogP contribution in [0.5, 0.6) is 0 Å². The Morgan fingerprint density at radius 3 is 2.42 bits per heavy atom. The van der Waals surface area contributed by atoms with Gasteiger partial charge in [-0.3, -0.25) is 10.1 Å². The smallest absolute Gasteiger partial charge is 0.387 e. The molecule has 0 radical (unpaired) electrons. The van der Waals surface area contributed by atoms with E-state index in [4.69, 9.17) is 15.9 Å². The van der Waals surface area contributed by atoms with Crippen LogP contribution in [-0.2, 0) is 14.3 Å². The Labute approximate surface area is 68.1 Å². The number of nitrogens with one attached hydrogen (secondary N) is 1. The molecule has 1 amide bonds. The molecule has 0 fully saturated rings. The van der Waals surface area contributed by atoms with Crippen LogP contribution in [0.1, 0.15) is 0 Å². The van der Waals surface area contributed by atoms with E-state index in [1.165, 1.54) is 0 Å². The van der Waals surface area contributed by atoms with Crippen molar-refractivity contribution < 1.29 is 24.5 Å². The number of methoxy groups -OCH3 is 1. The summed E-state index contributed by atoms with van der Waals surface area (Å²) in [4.78, 5) is 20.8. The average Bonchev–Trinajstić information content (AvgIpc) is 2.03. The largest absolute Gasteiger partial charge is 0.476 e. The van der Waals surface area contributed by atoms with E-state index >= 15 is 0 Å². The Kier molecular flexibility index (Phi) is 3.61. The number of carboxylic acids is 1. The van der Waals surface area contributed by atoms with Crippen LogP contribution in [0.25, 0.3) is 0 Å². The van der Waals surface area contributed by atoms with Gasteiger partial charge in [-0.25, -0.2) is 4.79 Å². The number of hydrogen-bond donors (Lipinski definition) is 4. The fourth-order valence-corrected chi connectivity index (χ4v) is 0.432. The Morgan fingerprint density at radius 2 is 2.17 bits per heavy atom. The molecule has 0 aromatic rings. The Bertz CT molecular complexity index is 194. The van der Waals surface area contributed by atoms with Gasteiger partial charge in [-0.2, -0.15) is 0 Å². The van der Waals surface area contributed by atoms with Crippen LogP contribution in [-0.4, -0.2) is 41.7 Å². The highest BCUT2D eigenvalue weighted by Crippen LogP contribution is 1.99. The molecule has 0 heterocycles. The molecule has 0 spiro atoms. The number of carboxylic acid groups (broad SMARTS) is 1. The highest BCUT2D eigenvalue weighted by molar-refractivity contribution is 5.85. The molecule has 1 atom stereocenters. The zero-order chi connectivity index (χ0) is 9.78. The maximum atomic E-state index is 10.6. The van der Waals surface area contributed by atoms with Gasteiger partial charge in [0.2, 0.25) is 5.91 Å². The third kappa shape index (κ3) is 2.46. The second-order valence-electron chi connectivity index (χ2n) is 1.91. The highest BCUT2D eigenvalue weighted by Gasteiger charge is 2.37. The summed E-state index contributed by atoms with van der Waals surface area (Å²) in [6.45, 7) is -0.432. The van der Waals surface area contributed by atoms with E-state index < -0.39 is 24.3 Å². The molecule has 0 aliphatic rings. The predicted octanol–water partition coefficient (Wildman–Crippen LogP) is -2.56. The van der Waals surface area contributed by atoms with E-state index in [0.29, 0.717) is 0 Å². The molecule has 1 unspecified atom stereocenters. The van der Waals surface area contributed by atoms with Crippen LogP contribution in [0.3, 0.4) is 0 Å². The minimum atomic E-state index is -2.70. The molecule has 0 bridgehead atoms. The maximum Gasteiger partial charge on any atom is 0.387 e. The van der Waals surface area contributed by atoms with Crippen molar-refractivity contribution in [3.05, 3.63) is 0 Å². The summed E-state index contributed by atoms with van der Waals surface area (Å²) in [5, 5.41) is 19.0. The first kappa shape index (κ1) is 10.8. The molecule has 0 aromatic carbocycles. The lowest BCUT2D eigenvalue weighted by atomic mass is 10.4. The van der Waals surface area contributed by atoms with E-state index in [1.807, 2.05) is 0 Å². The van der Waals surface area contributed by atoms with Crippen LogP contribution in [0, 0.1) is 0 Å². The Balaban J connectivity index is 4.34. The zero-order valence-electron chi connectivity index (χ0n) is 6.40. The molecule has 0 saturated heterocycles. The number of hydrogen-bond acceptors (Lipinski definition) is 5. The zero-order valence-corrected chi connectivity index (χ0v) is 6.40. The highest BCUT2D eigenvalue weighted by atomic mass is 16.7. The van der Waals surface area contributed by atoms with Crippen molar-refractivity contribution in [2.24, 2.45) is 5.73 Å². The van der Waals surface area contributed by atoms with Gasteiger partial charge in [0, 0.05) is 7.11 Å². The lowest BCUT2D eigenvalue weighted by Gasteiger charge is -2.21. The summed E-state index contributed by atoms with van der Waals surface area (Å²) < 4.78 is 4.14. The number of carbonyl (C=O) groups excluding carboxylic acids is 1. The van der Waals surface area contributed by atoms with Crippen LogP contribution in [0.2, 0.25) is 0 Å². The Hall–Kier alpha value is -1.18. The van der Waals surface area contributed by atoms with Crippen LogP contribution >= 0.6 is 0 Å². The third-order valence-corrected chi connectivity index (χ3v) is 1.08. The Morgan fingerprint density at radius 1 is 1.67 bits per heavy atom. The lowest BCUT2D eigenvalue weighted by Crippen LogP contribution is -2.57. The average molecular weight is 178 g/mol. The first-order valence-electron chi connectivity index (χ1n) is 2.98. The number of nitrogens with two attached hydrogens (primary N) is 1. The van der Waals surface area contributed by atoms with E-state index in [9.17, 15) is 9.59 Å². The fourth-order valence-electron chi connectivity index (χ4n) is 0.432. The van der Waals surface area contributed by atoms with E-state index in [0.717, 1.165) is 7.11 Å². The third-order valence-electron chi connectivity index (χ3n) is 1.08. The van der Waals surface area contributed by atoms with E-state index in [2.05, 4.69) is 4.74 Å². The van der Waals surface area contributed by atoms with Gasteiger partial charge in [-0.15, -0.1) is 0 Å². The van der Waals surface area contributed by atoms with Crippen LogP contribution < -0.4 is 11.1 Å². The van der Waals surface area contributed by atoms with Gasteiger partial charge in [0.25, 0.3) is 0 Å². The number of amides is 1. The molecule has 7 heteroatoms. The van der Waals surface area contributed by atoms with E-state index in [1.54, 1.807) is 5.32 Å². The standard InChI is InChI=1S/C5H10N2O5/c1-12-5(11,4(9)10)7-3(8)2-6/h11H,2,6H2,1H3,(H,7,8)(H,9,10). The second-order valence-corrected chi connectivity index (χ2v) is 1.91. The van der Waals surface area contributed by atoms with Gasteiger partial charge in [-0.1, -0.05) is 0 Å².